The van der Waals surface area contributed by atoms with Crippen LogP contribution in [0.15, 0.2) is 35.2 Å². The van der Waals surface area contributed by atoms with E-state index in [1.54, 1.807) is 18.3 Å². The number of nitrogens with two attached hydrogens (primary N) is 1. The van der Waals surface area contributed by atoms with E-state index in [1.807, 2.05) is 0 Å². The summed E-state index contributed by atoms with van der Waals surface area (Å²) in [4.78, 5) is 15.3. The molecule has 0 radical (unpaired) electrons. The van der Waals surface area contributed by atoms with Crippen molar-refractivity contribution >= 4 is 11.9 Å². The monoisotopic (exact) mass is 205 g/mol. The van der Waals surface area contributed by atoms with Gasteiger partial charge in [-0.25, -0.2) is 4.79 Å². The van der Waals surface area contributed by atoms with E-state index >= 15 is 0 Å². The number of anilines is 1. The lowest BCUT2D eigenvalue weighted by Gasteiger charge is -2.00. The summed E-state index contributed by atoms with van der Waals surface area (Å²) in [5, 5.41) is 3.37. The molecule has 2 heterocycles. The first-order valence-electron chi connectivity index (χ1n) is 4.10. The van der Waals surface area contributed by atoms with Gasteiger partial charge >= 0.3 is 5.97 Å². The average molecular weight is 205 g/mol. The van der Waals surface area contributed by atoms with Crippen molar-refractivity contribution < 1.29 is 14.1 Å². The Morgan fingerprint density at radius 1 is 1.47 bits per heavy atom. The molecule has 0 aliphatic rings. The molecule has 0 saturated carbocycles. The lowest BCUT2D eigenvalue weighted by molar-refractivity contribution is 0.0735. The van der Waals surface area contributed by atoms with Crippen molar-refractivity contribution in [3.05, 3.63) is 36.3 Å². The predicted octanol–water partition coefficient (Wildman–Crippen LogP) is 0.871. The highest BCUT2D eigenvalue weighted by atomic mass is 16.5. The standard InChI is InChI=1S/C9H7N3O3/c10-8-7(5-12-15-8)9(13)14-6-2-1-3-11-4-6/h1-5H,10H2. The number of ether oxygens (including phenoxy) is 1. The minimum Gasteiger partial charge on any atom is -0.421 e. The number of pyridine rings is 1. The summed E-state index contributed by atoms with van der Waals surface area (Å²) in [6.07, 6.45) is 4.20. The van der Waals surface area contributed by atoms with Crippen molar-refractivity contribution in [1.82, 2.24) is 10.1 Å². The number of rotatable bonds is 2. The molecule has 0 atom stereocenters. The van der Waals surface area contributed by atoms with Gasteiger partial charge in [0.05, 0.1) is 12.4 Å². The van der Waals surface area contributed by atoms with Gasteiger partial charge in [-0.3, -0.25) is 4.98 Å². The van der Waals surface area contributed by atoms with Gasteiger partial charge in [-0.05, 0) is 12.1 Å². The molecule has 0 aromatic carbocycles. The molecule has 2 N–H and O–H groups in total. The van der Waals surface area contributed by atoms with Crippen molar-refractivity contribution in [3.8, 4) is 5.75 Å². The number of hydrogen-bond donors (Lipinski definition) is 1. The van der Waals surface area contributed by atoms with Crippen molar-refractivity contribution in [1.29, 1.82) is 0 Å². The van der Waals surface area contributed by atoms with Gasteiger partial charge in [0.2, 0.25) is 5.88 Å². The van der Waals surface area contributed by atoms with Crippen LogP contribution in [0.1, 0.15) is 10.4 Å². The Morgan fingerprint density at radius 2 is 2.33 bits per heavy atom. The fourth-order valence-corrected chi connectivity index (χ4v) is 0.971. The van der Waals surface area contributed by atoms with Crippen LogP contribution < -0.4 is 10.5 Å². The number of nitrogens with zero attached hydrogens (tertiary/aromatic N) is 2. The van der Waals surface area contributed by atoms with E-state index in [4.69, 9.17) is 10.5 Å². The van der Waals surface area contributed by atoms with Gasteiger partial charge in [-0.1, -0.05) is 5.16 Å². The van der Waals surface area contributed by atoms with E-state index in [2.05, 4.69) is 14.7 Å². The zero-order chi connectivity index (χ0) is 10.7. The van der Waals surface area contributed by atoms with Crippen LogP contribution in [0.4, 0.5) is 5.88 Å². The Labute approximate surface area is 84.7 Å². The molecule has 0 unspecified atom stereocenters. The lowest BCUT2D eigenvalue weighted by atomic mass is 10.3. The minimum absolute atomic E-state index is 0.0658. The highest BCUT2D eigenvalue weighted by Crippen LogP contribution is 2.14. The zero-order valence-corrected chi connectivity index (χ0v) is 7.58. The second-order valence-corrected chi connectivity index (χ2v) is 2.68. The number of esters is 1. The quantitative estimate of drug-likeness (QED) is 0.731. The van der Waals surface area contributed by atoms with Gasteiger partial charge < -0.3 is 15.0 Å². The third-order valence-electron chi connectivity index (χ3n) is 1.66. The second-order valence-electron chi connectivity index (χ2n) is 2.68. The third-order valence-corrected chi connectivity index (χ3v) is 1.66. The summed E-state index contributed by atoms with van der Waals surface area (Å²) < 4.78 is 9.49. The first kappa shape index (κ1) is 9.20. The van der Waals surface area contributed by atoms with Gasteiger partial charge in [-0.15, -0.1) is 0 Å². The summed E-state index contributed by atoms with van der Waals surface area (Å²) in [5.41, 5.74) is 5.45. The van der Waals surface area contributed by atoms with E-state index in [1.165, 1.54) is 12.4 Å². The Hall–Kier alpha value is -2.37. The zero-order valence-electron chi connectivity index (χ0n) is 7.58. The van der Waals surface area contributed by atoms with Crippen molar-refractivity contribution in [2.24, 2.45) is 0 Å². The van der Waals surface area contributed by atoms with Crippen LogP contribution in [0.2, 0.25) is 0 Å². The molecular formula is C9H7N3O3. The Morgan fingerprint density at radius 3 is 2.93 bits per heavy atom. The van der Waals surface area contributed by atoms with Crippen LogP contribution in [0.3, 0.4) is 0 Å². The molecule has 0 spiro atoms. The molecule has 0 bridgehead atoms. The molecule has 0 fully saturated rings. The third kappa shape index (κ3) is 1.93. The van der Waals surface area contributed by atoms with E-state index in [9.17, 15) is 4.79 Å². The van der Waals surface area contributed by atoms with Crippen LogP contribution in [-0.2, 0) is 0 Å². The van der Waals surface area contributed by atoms with E-state index < -0.39 is 5.97 Å². The van der Waals surface area contributed by atoms with Gasteiger partial charge in [0.1, 0.15) is 11.3 Å². The number of hydrogen-bond acceptors (Lipinski definition) is 6. The molecule has 76 valence electrons. The summed E-state index contributed by atoms with van der Waals surface area (Å²) in [6.45, 7) is 0. The topological polar surface area (TPSA) is 91.2 Å². The SMILES string of the molecule is Nc1oncc1C(=O)Oc1cccnc1. The molecule has 0 aliphatic carbocycles. The largest absolute Gasteiger partial charge is 0.421 e. The average Bonchev–Trinajstić information content (AvgIpc) is 2.66. The minimum atomic E-state index is -0.623. The highest BCUT2D eigenvalue weighted by molar-refractivity contribution is 5.94. The molecule has 0 aliphatic heterocycles. The predicted molar refractivity (Wildman–Crippen MR) is 50.1 cm³/mol. The van der Waals surface area contributed by atoms with Gasteiger partial charge in [0.15, 0.2) is 0 Å². The molecule has 0 amide bonds. The van der Waals surface area contributed by atoms with E-state index in [-0.39, 0.29) is 11.4 Å². The van der Waals surface area contributed by atoms with Crippen LogP contribution in [-0.4, -0.2) is 16.1 Å². The Bertz CT molecular complexity index is 466. The molecule has 6 nitrogen and oxygen atoms in total. The maximum atomic E-state index is 11.5. The van der Waals surface area contributed by atoms with Crippen LogP contribution in [0.25, 0.3) is 0 Å². The normalized spacial score (nSPS) is 9.87. The molecule has 0 saturated heterocycles. The molecule has 15 heavy (non-hydrogen) atoms. The van der Waals surface area contributed by atoms with Gasteiger partial charge in [0, 0.05) is 6.20 Å². The number of aromatic nitrogens is 2. The fraction of sp³-hybridized carbons (Fsp3) is 0. The Kier molecular flexibility index (Phi) is 2.32. The maximum absolute atomic E-state index is 11.5. The first-order valence-corrected chi connectivity index (χ1v) is 4.10. The van der Waals surface area contributed by atoms with Crippen molar-refractivity contribution in [2.75, 3.05) is 5.73 Å². The molecule has 6 heteroatoms. The van der Waals surface area contributed by atoms with Crippen LogP contribution in [0.5, 0.6) is 5.75 Å². The Balaban J connectivity index is 2.15. The van der Waals surface area contributed by atoms with E-state index in [0.717, 1.165) is 0 Å². The highest BCUT2D eigenvalue weighted by Gasteiger charge is 2.15. The first-order chi connectivity index (χ1) is 7.27. The van der Waals surface area contributed by atoms with Crippen molar-refractivity contribution in [3.63, 3.8) is 0 Å². The van der Waals surface area contributed by atoms with E-state index in [0.29, 0.717) is 5.75 Å². The molecule has 2 aromatic rings. The van der Waals surface area contributed by atoms with Crippen LogP contribution in [0, 0.1) is 0 Å². The summed E-state index contributed by atoms with van der Waals surface area (Å²) in [6, 6.07) is 3.26. The summed E-state index contributed by atoms with van der Waals surface area (Å²) in [7, 11) is 0. The fourth-order valence-electron chi connectivity index (χ4n) is 0.971. The maximum Gasteiger partial charge on any atom is 0.350 e. The van der Waals surface area contributed by atoms with Crippen molar-refractivity contribution in [2.45, 2.75) is 0 Å². The lowest BCUT2D eigenvalue weighted by Crippen LogP contribution is -2.09. The second kappa shape index (κ2) is 3.79. The summed E-state index contributed by atoms with van der Waals surface area (Å²) >= 11 is 0. The number of carbonyl (C=O) groups excluding carboxylic acids is 1. The molecule has 2 aromatic heterocycles. The molecule has 2 rings (SSSR count). The smallest absolute Gasteiger partial charge is 0.350 e. The van der Waals surface area contributed by atoms with Gasteiger partial charge in [-0.2, -0.15) is 0 Å². The van der Waals surface area contributed by atoms with Crippen LogP contribution >= 0.6 is 0 Å². The molecular weight excluding hydrogens is 198 g/mol. The summed E-state index contributed by atoms with van der Waals surface area (Å²) in [5.74, 6) is -0.353. The number of nitrogen functional groups attached to an aromatic ring is 1. The number of carbonyl (C=O) groups is 1. The van der Waals surface area contributed by atoms with Gasteiger partial charge in [0.25, 0.3) is 0 Å².